The van der Waals surface area contributed by atoms with Gasteiger partial charge >= 0.3 is 5.97 Å². The summed E-state index contributed by atoms with van der Waals surface area (Å²) in [5.41, 5.74) is 7.10. The Kier molecular flexibility index (Phi) is 3.80. The first-order valence-electron chi connectivity index (χ1n) is 8.92. The molecule has 1 atom stereocenters. The first-order chi connectivity index (χ1) is 12.3. The minimum absolute atomic E-state index is 0.00446. The summed E-state index contributed by atoms with van der Waals surface area (Å²) in [6.07, 6.45) is 4.07. The monoisotopic (exact) mass is 359 g/mol. The maximum Gasteiger partial charge on any atom is 0.341 e. The van der Waals surface area contributed by atoms with E-state index >= 15 is 4.39 Å². The fraction of sp³-hybridized carbons (Fsp3) is 0.474. The van der Waals surface area contributed by atoms with E-state index in [-0.39, 0.29) is 28.6 Å². The summed E-state index contributed by atoms with van der Waals surface area (Å²) in [5.74, 6) is -1.73. The number of hydrogen-bond donors (Lipinski definition) is 2. The van der Waals surface area contributed by atoms with E-state index in [1.165, 1.54) is 6.20 Å². The maximum atomic E-state index is 15.3. The Morgan fingerprint density at radius 3 is 2.50 bits per heavy atom. The van der Waals surface area contributed by atoms with Crippen LogP contribution >= 0.6 is 0 Å². The first kappa shape index (κ1) is 17.0. The average molecular weight is 359 g/mol. The fourth-order valence-corrected chi connectivity index (χ4v) is 4.09. The smallest absolute Gasteiger partial charge is 0.341 e. The van der Waals surface area contributed by atoms with Crippen molar-refractivity contribution in [3.05, 3.63) is 38.9 Å². The van der Waals surface area contributed by atoms with E-state index in [2.05, 4.69) is 0 Å². The molecule has 2 aliphatic rings. The number of nitrogens with zero attached hydrogens (tertiary/aromatic N) is 2. The third kappa shape index (κ3) is 2.41. The molecular weight excluding hydrogens is 337 g/mol. The molecule has 3 N–H and O–H groups in total. The van der Waals surface area contributed by atoms with Gasteiger partial charge in [-0.3, -0.25) is 4.79 Å². The van der Waals surface area contributed by atoms with Crippen LogP contribution in [0, 0.1) is 19.7 Å². The molecule has 0 amide bonds. The highest BCUT2D eigenvalue weighted by Crippen LogP contribution is 2.41. The van der Waals surface area contributed by atoms with Crippen LogP contribution in [-0.2, 0) is 0 Å². The summed E-state index contributed by atoms with van der Waals surface area (Å²) in [5, 5.41) is 9.59. The van der Waals surface area contributed by atoms with Crippen molar-refractivity contribution in [1.82, 2.24) is 4.57 Å². The minimum Gasteiger partial charge on any atom is -0.477 e. The van der Waals surface area contributed by atoms with Crippen molar-refractivity contribution in [2.24, 2.45) is 5.73 Å². The van der Waals surface area contributed by atoms with Crippen molar-refractivity contribution in [2.75, 3.05) is 18.0 Å². The normalized spacial score (nSPS) is 20.2. The van der Waals surface area contributed by atoms with E-state index in [9.17, 15) is 14.7 Å². The number of nitrogens with two attached hydrogens (primary N) is 1. The summed E-state index contributed by atoms with van der Waals surface area (Å²) >= 11 is 0. The van der Waals surface area contributed by atoms with E-state index in [1.807, 2.05) is 16.4 Å². The molecule has 1 aliphatic carbocycles. The number of aryl methyl sites for hydroxylation is 2. The summed E-state index contributed by atoms with van der Waals surface area (Å²) in [6, 6.07) is 0.165. The number of pyridine rings is 1. The number of fused-ring (bicyclic) bond motifs is 1. The predicted molar refractivity (Wildman–Crippen MR) is 97.7 cm³/mol. The highest BCUT2D eigenvalue weighted by Gasteiger charge is 2.32. The van der Waals surface area contributed by atoms with Crippen molar-refractivity contribution in [2.45, 2.75) is 45.2 Å². The van der Waals surface area contributed by atoms with Gasteiger partial charge in [0.1, 0.15) is 5.56 Å². The molecule has 4 rings (SSSR count). The van der Waals surface area contributed by atoms with Gasteiger partial charge in [0.25, 0.3) is 0 Å². The lowest BCUT2D eigenvalue weighted by atomic mass is 9.99. The van der Waals surface area contributed by atoms with Crippen LogP contribution in [0.4, 0.5) is 10.1 Å². The number of anilines is 1. The summed E-state index contributed by atoms with van der Waals surface area (Å²) < 4.78 is 17.1. The number of aromatic carboxylic acids is 1. The minimum atomic E-state index is -1.28. The number of halogens is 1. The van der Waals surface area contributed by atoms with Gasteiger partial charge in [0.05, 0.1) is 16.6 Å². The number of carbonyl (C=O) groups is 1. The van der Waals surface area contributed by atoms with Gasteiger partial charge in [-0.1, -0.05) is 0 Å². The van der Waals surface area contributed by atoms with Gasteiger partial charge < -0.3 is 20.3 Å². The van der Waals surface area contributed by atoms with Crippen molar-refractivity contribution in [3.8, 4) is 0 Å². The standard InChI is InChI=1S/C19H22FN3O3/c1-9-14-16(10(2)17(15(9)20)22-6-5-11(21)7-22)23(12-3-4-12)8-13(18(14)24)19(25)26/h8,11-12H,3-7,21H2,1-2H3,(H,25,26)/t11-/m0/s1. The van der Waals surface area contributed by atoms with Gasteiger partial charge in [0.2, 0.25) is 5.43 Å². The third-order valence-electron chi connectivity index (χ3n) is 5.57. The third-order valence-corrected chi connectivity index (χ3v) is 5.57. The molecule has 0 radical (unpaired) electrons. The van der Waals surface area contributed by atoms with Crippen molar-refractivity contribution < 1.29 is 14.3 Å². The molecule has 2 aromatic rings. The number of rotatable bonds is 3. The zero-order valence-electron chi connectivity index (χ0n) is 14.9. The van der Waals surface area contributed by atoms with Crippen LogP contribution in [0.1, 0.15) is 46.8 Å². The van der Waals surface area contributed by atoms with Crippen molar-refractivity contribution in [3.63, 3.8) is 0 Å². The van der Waals surface area contributed by atoms with Crippen molar-refractivity contribution >= 4 is 22.6 Å². The molecule has 1 saturated carbocycles. The molecule has 7 heteroatoms. The SMILES string of the molecule is Cc1c(F)c(N2CC[C@H](N)C2)c(C)c2c1c(=O)c(C(=O)O)cn2C1CC1. The molecule has 1 saturated heterocycles. The quantitative estimate of drug-likeness (QED) is 0.878. The Balaban J connectivity index is 2.09. The van der Waals surface area contributed by atoms with E-state index in [1.54, 1.807) is 6.92 Å². The predicted octanol–water partition coefficient (Wildman–Crippen LogP) is 2.33. The lowest BCUT2D eigenvalue weighted by Gasteiger charge is -2.25. The fourth-order valence-electron chi connectivity index (χ4n) is 4.09. The largest absolute Gasteiger partial charge is 0.477 e. The van der Waals surface area contributed by atoms with Gasteiger partial charge in [0, 0.05) is 36.9 Å². The molecule has 26 heavy (non-hydrogen) atoms. The number of aromatic nitrogens is 1. The highest BCUT2D eigenvalue weighted by atomic mass is 19.1. The van der Waals surface area contributed by atoms with Crippen LogP contribution < -0.4 is 16.1 Å². The number of carboxylic acid groups (broad SMARTS) is 1. The van der Waals surface area contributed by atoms with E-state index < -0.39 is 17.2 Å². The molecule has 0 bridgehead atoms. The van der Waals surface area contributed by atoms with Gasteiger partial charge in [-0.25, -0.2) is 9.18 Å². The first-order valence-corrected chi connectivity index (χ1v) is 8.92. The van der Waals surface area contributed by atoms with Crippen LogP contribution in [0.25, 0.3) is 10.9 Å². The molecule has 2 fully saturated rings. The van der Waals surface area contributed by atoms with Crippen molar-refractivity contribution in [1.29, 1.82) is 0 Å². The lowest BCUT2D eigenvalue weighted by molar-refractivity contribution is 0.0695. The van der Waals surface area contributed by atoms with Gasteiger partial charge in [-0.05, 0) is 38.7 Å². The van der Waals surface area contributed by atoms with Crippen LogP contribution in [0.5, 0.6) is 0 Å². The Morgan fingerprint density at radius 2 is 1.96 bits per heavy atom. The molecule has 2 heterocycles. The second-order valence-electron chi connectivity index (χ2n) is 7.45. The molecule has 0 unspecified atom stereocenters. The molecule has 1 aliphatic heterocycles. The second-order valence-corrected chi connectivity index (χ2v) is 7.45. The Hall–Kier alpha value is -2.41. The molecule has 138 valence electrons. The number of hydrogen-bond acceptors (Lipinski definition) is 4. The van der Waals surface area contributed by atoms with E-state index in [0.29, 0.717) is 29.9 Å². The lowest BCUT2D eigenvalue weighted by Crippen LogP contribution is -2.28. The van der Waals surface area contributed by atoms with Crippen LogP contribution in [-0.4, -0.2) is 34.8 Å². The Bertz CT molecular complexity index is 994. The number of carboxylic acids is 1. The van der Waals surface area contributed by atoms with Gasteiger partial charge in [-0.2, -0.15) is 0 Å². The second kappa shape index (κ2) is 5.81. The van der Waals surface area contributed by atoms with E-state index in [4.69, 9.17) is 5.73 Å². The van der Waals surface area contributed by atoms with E-state index in [0.717, 1.165) is 19.3 Å². The summed E-state index contributed by atoms with van der Waals surface area (Å²) in [4.78, 5) is 26.2. The van der Waals surface area contributed by atoms with Gasteiger partial charge in [0.15, 0.2) is 5.82 Å². The zero-order chi connectivity index (χ0) is 18.7. The molecule has 1 aromatic heterocycles. The topological polar surface area (TPSA) is 88.6 Å². The highest BCUT2D eigenvalue weighted by molar-refractivity contribution is 5.97. The maximum absolute atomic E-state index is 15.3. The summed E-state index contributed by atoms with van der Waals surface area (Å²) in [6.45, 7) is 4.61. The summed E-state index contributed by atoms with van der Waals surface area (Å²) in [7, 11) is 0. The van der Waals surface area contributed by atoms with Crippen LogP contribution in [0.15, 0.2) is 11.0 Å². The molecule has 0 spiro atoms. The van der Waals surface area contributed by atoms with Crippen LogP contribution in [0.2, 0.25) is 0 Å². The Labute approximate surface area is 150 Å². The molecular formula is C19H22FN3O3. The van der Waals surface area contributed by atoms with Crippen LogP contribution in [0.3, 0.4) is 0 Å². The zero-order valence-corrected chi connectivity index (χ0v) is 14.9. The Morgan fingerprint density at radius 1 is 1.27 bits per heavy atom. The average Bonchev–Trinajstić information content (AvgIpc) is 3.34. The molecule has 6 nitrogen and oxygen atoms in total. The number of benzene rings is 1. The molecule has 1 aromatic carbocycles. The van der Waals surface area contributed by atoms with Gasteiger partial charge in [-0.15, -0.1) is 0 Å².